The Bertz CT molecular complexity index is 469. The van der Waals surface area contributed by atoms with Crippen LogP contribution in [0, 0.1) is 0 Å². The number of aromatic nitrogens is 2. The maximum atomic E-state index is 12.1. The SMILES string of the molecule is CCn1cnc(S(=O)(=O)N(C)C2CNC2)c1.Cl. The Morgan fingerprint density at radius 2 is 2.24 bits per heavy atom. The number of hydrogen-bond donors (Lipinski definition) is 1. The molecule has 0 amide bonds. The van der Waals surface area contributed by atoms with Crippen molar-refractivity contribution in [3.63, 3.8) is 0 Å². The highest BCUT2D eigenvalue weighted by Gasteiger charge is 2.32. The van der Waals surface area contributed by atoms with Gasteiger partial charge in [0.15, 0.2) is 5.03 Å². The molecule has 98 valence electrons. The fourth-order valence-corrected chi connectivity index (χ4v) is 2.81. The Hall–Kier alpha value is -0.630. The minimum Gasteiger partial charge on any atom is -0.336 e. The van der Waals surface area contributed by atoms with Crippen molar-refractivity contribution in [2.45, 2.75) is 24.5 Å². The molecule has 0 saturated carbocycles. The Morgan fingerprint density at radius 3 is 2.65 bits per heavy atom. The summed E-state index contributed by atoms with van der Waals surface area (Å²) in [5, 5.41) is 3.18. The van der Waals surface area contributed by atoms with E-state index >= 15 is 0 Å². The van der Waals surface area contributed by atoms with Gasteiger partial charge in [-0.1, -0.05) is 0 Å². The molecule has 1 aromatic heterocycles. The standard InChI is InChI=1S/C9H16N4O2S.ClH/c1-3-13-6-9(11-7-13)16(14,15)12(2)8-4-10-5-8;/h6-8,10H,3-5H2,1-2H3;1H. The lowest BCUT2D eigenvalue weighted by Gasteiger charge is -2.34. The summed E-state index contributed by atoms with van der Waals surface area (Å²) in [6.07, 6.45) is 3.11. The smallest absolute Gasteiger partial charge is 0.262 e. The maximum absolute atomic E-state index is 12.1. The fourth-order valence-electron chi connectivity index (χ4n) is 1.52. The molecular formula is C9H17ClN4O2S. The second kappa shape index (κ2) is 5.34. The van der Waals surface area contributed by atoms with Crippen molar-refractivity contribution in [2.24, 2.45) is 0 Å². The monoisotopic (exact) mass is 280 g/mol. The van der Waals surface area contributed by atoms with E-state index in [-0.39, 0.29) is 23.5 Å². The number of rotatable bonds is 4. The van der Waals surface area contributed by atoms with Crippen molar-refractivity contribution in [1.29, 1.82) is 0 Å². The lowest BCUT2D eigenvalue weighted by Crippen LogP contribution is -2.57. The van der Waals surface area contributed by atoms with Gasteiger partial charge in [0.1, 0.15) is 0 Å². The molecule has 8 heteroatoms. The van der Waals surface area contributed by atoms with Crippen LogP contribution in [0.1, 0.15) is 6.92 Å². The number of nitrogens with one attached hydrogen (secondary N) is 1. The van der Waals surface area contributed by atoms with E-state index in [0.717, 1.165) is 6.54 Å². The van der Waals surface area contributed by atoms with Gasteiger partial charge in [0.05, 0.1) is 6.33 Å². The van der Waals surface area contributed by atoms with Crippen molar-refractivity contribution in [2.75, 3.05) is 20.1 Å². The van der Waals surface area contributed by atoms with Crippen molar-refractivity contribution in [3.05, 3.63) is 12.5 Å². The highest BCUT2D eigenvalue weighted by molar-refractivity contribution is 7.89. The number of sulfonamides is 1. The number of nitrogens with zero attached hydrogens (tertiary/aromatic N) is 3. The van der Waals surface area contributed by atoms with E-state index in [2.05, 4.69) is 10.3 Å². The number of hydrogen-bond acceptors (Lipinski definition) is 4. The van der Waals surface area contributed by atoms with Crippen molar-refractivity contribution in [3.8, 4) is 0 Å². The van der Waals surface area contributed by atoms with Crippen LogP contribution in [0.25, 0.3) is 0 Å². The zero-order valence-corrected chi connectivity index (χ0v) is 11.5. The molecule has 0 radical (unpaired) electrons. The summed E-state index contributed by atoms with van der Waals surface area (Å²) >= 11 is 0. The second-order valence-electron chi connectivity index (χ2n) is 3.88. The molecule has 1 aliphatic rings. The second-order valence-corrected chi connectivity index (χ2v) is 5.82. The molecule has 0 bridgehead atoms. The summed E-state index contributed by atoms with van der Waals surface area (Å²) in [6, 6.07) is 0.0526. The summed E-state index contributed by atoms with van der Waals surface area (Å²) in [6.45, 7) is 4.09. The molecule has 2 rings (SSSR count). The van der Waals surface area contributed by atoms with Crippen LogP contribution >= 0.6 is 12.4 Å². The zero-order chi connectivity index (χ0) is 11.8. The third-order valence-corrected chi connectivity index (χ3v) is 4.69. The summed E-state index contributed by atoms with van der Waals surface area (Å²) in [5.41, 5.74) is 0. The van der Waals surface area contributed by atoms with Crippen molar-refractivity contribution < 1.29 is 8.42 Å². The van der Waals surface area contributed by atoms with Gasteiger partial charge < -0.3 is 9.88 Å². The van der Waals surface area contributed by atoms with Crippen LogP contribution in [0.5, 0.6) is 0 Å². The lowest BCUT2D eigenvalue weighted by molar-refractivity contribution is 0.273. The van der Waals surface area contributed by atoms with Gasteiger partial charge in [-0.2, -0.15) is 4.31 Å². The molecule has 1 fully saturated rings. The largest absolute Gasteiger partial charge is 0.336 e. The number of aryl methyl sites for hydroxylation is 1. The molecule has 0 unspecified atom stereocenters. The number of imidazole rings is 1. The first-order valence-electron chi connectivity index (χ1n) is 5.26. The molecule has 0 atom stereocenters. The Morgan fingerprint density at radius 1 is 1.59 bits per heavy atom. The van der Waals surface area contributed by atoms with Gasteiger partial charge in [-0.05, 0) is 6.92 Å². The summed E-state index contributed by atoms with van der Waals surface area (Å²) in [7, 11) is -1.82. The number of likely N-dealkylation sites (N-methyl/N-ethyl adjacent to an activating group) is 1. The van der Waals surface area contributed by atoms with Crippen LogP contribution < -0.4 is 5.32 Å². The highest BCUT2D eigenvalue weighted by atomic mass is 35.5. The topological polar surface area (TPSA) is 67.2 Å². The minimum absolute atomic E-state index is 0. The first-order valence-corrected chi connectivity index (χ1v) is 6.70. The third kappa shape index (κ3) is 2.62. The van der Waals surface area contributed by atoms with Crippen LogP contribution in [0.3, 0.4) is 0 Å². The van der Waals surface area contributed by atoms with E-state index in [0.29, 0.717) is 13.1 Å². The normalized spacial score (nSPS) is 16.6. The lowest BCUT2D eigenvalue weighted by atomic mass is 10.2. The highest BCUT2D eigenvalue weighted by Crippen LogP contribution is 2.16. The van der Waals surface area contributed by atoms with Crippen LogP contribution in [-0.2, 0) is 16.6 Å². The predicted octanol–water partition coefficient (Wildman–Crippen LogP) is -0.0829. The molecule has 1 N–H and O–H groups in total. The summed E-state index contributed by atoms with van der Waals surface area (Å²) in [4.78, 5) is 3.93. The van der Waals surface area contributed by atoms with E-state index in [1.807, 2.05) is 6.92 Å². The van der Waals surface area contributed by atoms with Gasteiger partial charge in [0.25, 0.3) is 10.0 Å². The van der Waals surface area contributed by atoms with Gasteiger partial charge >= 0.3 is 0 Å². The Kier molecular flexibility index (Phi) is 4.54. The van der Waals surface area contributed by atoms with Crippen LogP contribution in [0.2, 0.25) is 0 Å². The fraction of sp³-hybridized carbons (Fsp3) is 0.667. The molecule has 6 nitrogen and oxygen atoms in total. The van der Waals surface area contributed by atoms with E-state index in [4.69, 9.17) is 0 Å². The number of halogens is 1. The molecule has 1 saturated heterocycles. The Labute approximate surface area is 107 Å². The minimum atomic E-state index is -3.43. The molecule has 1 aliphatic heterocycles. The third-order valence-electron chi connectivity index (χ3n) is 2.89. The maximum Gasteiger partial charge on any atom is 0.262 e. The molecular weight excluding hydrogens is 264 g/mol. The van der Waals surface area contributed by atoms with Gasteiger partial charge in [0.2, 0.25) is 0 Å². The molecule has 0 spiro atoms. The van der Waals surface area contributed by atoms with Gasteiger partial charge in [-0.15, -0.1) is 12.4 Å². The molecule has 0 aliphatic carbocycles. The van der Waals surface area contributed by atoms with Gasteiger partial charge in [-0.3, -0.25) is 0 Å². The van der Waals surface area contributed by atoms with Crippen LogP contribution in [-0.4, -0.2) is 48.5 Å². The van der Waals surface area contributed by atoms with Gasteiger partial charge in [0, 0.05) is 38.9 Å². The molecule has 0 aromatic carbocycles. The molecule has 17 heavy (non-hydrogen) atoms. The average Bonchev–Trinajstić information content (AvgIpc) is 2.63. The van der Waals surface area contributed by atoms with Gasteiger partial charge in [-0.25, -0.2) is 13.4 Å². The quantitative estimate of drug-likeness (QED) is 0.838. The molecule has 2 heterocycles. The summed E-state index contributed by atoms with van der Waals surface area (Å²) in [5.74, 6) is 0. The first kappa shape index (κ1) is 14.4. The van der Waals surface area contributed by atoms with Crippen molar-refractivity contribution in [1.82, 2.24) is 19.2 Å². The average molecular weight is 281 g/mol. The summed E-state index contributed by atoms with van der Waals surface area (Å²) < 4.78 is 27.4. The zero-order valence-electron chi connectivity index (χ0n) is 9.83. The first-order chi connectivity index (χ1) is 7.55. The van der Waals surface area contributed by atoms with E-state index in [9.17, 15) is 8.42 Å². The molecule has 1 aromatic rings. The van der Waals surface area contributed by atoms with Crippen molar-refractivity contribution >= 4 is 22.4 Å². The van der Waals surface area contributed by atoms with Crippen LogP contribution in [0.4, 0.5) is 0 Å². The van der Waals surface area contributed by atoms with E-state index in [1.165, 1.54) is 4.31 Å². The Balaban J connectivity index is 0.00000144. The van der Waals surface area contributed by atoms with Crippen LogP contribution in [0.15, 0.2) is 17.6 Å². The van der Waals surface area contributed by atoms with E-state index < -0.39 is 10.0 Å². The van der Waals surface area contributed by atoms with E-state index in [1.54, 1.807) is 24.1 Å². The predicted molar refractivity (Wildman–Crippen MR) is 66.8 cm³/mol.